The van der Waals surface area contributed by atoms with E-state index >= 15 is 0 Å². The zero-order valence-corrected chi connectivity index (χ0v) is 6.89. The number of carbonyl (C=O) groups excluding carboxylic acids is 1. The van der Waals surface area contributed by atoms with Crippen LogP contribution >= 0.6 is 0 Å². The fourth-order valence-electron chi connectivity index (χ4n) is 0.538. The van der Waals surface area contributed by atoms with E-state index in [2.05, 4.69) is 0 Å². The lowest BCUT2D eigenvalue weighted by molar-refractivity contribution is -0.146. The van der Waals surface area contributed by atoms with Crippen LogP contribution in [0, 0.1) is 6.42 Å². The molecule has 10 heavy (non-hydrogen) atoms. The van der Waals surface area contributed by atoms with Crippen LogP contribution in [0.15, 0.2) is 0 Å². The van der Waals surface area contributed by atoms with Crippen LogP contribution in [-0.4, -0.2) is 12.1 Å². The quantitative estimate of drug-likeness (QED) is 0.562. The number of hydrogen-bond donors (Lipinski definition) is 0. The van der Waals surface area contributed by atoms with E-state index in [1.807, 2.05) is 27.2 Å². The van der Waals surface area contributed by atoms with Gasteiger partial charge in [-0.1, -0.05) is 13.8 Å². The van der Waals surface area contributed by atoms with Crippen molar-refractivity contribution in [1.82, 2.24) is 0 Å². The Bertz CT molecular complexity index is 99.4. The summed E-state index contributed by atoms with van der Waals surface area (Å²) in [5.41, 5.74) is 0. The van der Waals surface area contributed by atoms with Crippen molar-refractivity contribution in [1.29, 1.82) is 0 Å². The molecule has 0 N–H and O–H groups in total. The molecule has 0 spiro atoms. The van der Waals surface area contributed by atoms with Gasteiger partial charge >= 0.3 is 5.97 Å². The summed E-state index contributed by atoms with van der Waals surface area (Å²) in [4.78, 5) is 10.8. The Morgan fingerprint density at radius 1 is 1.70 bits per heavy atom. The SMILES string of the molecule is C[CH][C@H](C)OC(=O)CCC. The molecule has 0 aromatic heterocycles. The highest BCUT2D eigenvalue weighted by atomic mass is 16.5. The van der Waals surface area contributed by atoms with Crippen LogP contribution in [0.3, 0.4) is 0 Å². The maximum absolute atomic E-state index is 10.8. The van der Waals surface area contributed by atoms with Gasteiger partial charge in [0.1, 0.15) is 6.10 Å². The highest BCUT2D eigenvalue weighted by Gasteiger charge is 2.04. The topological polar surface area (TPSA) is 26.3 Å². The molecule has 0 aliphatic heterocycles. The monoisotopic (exact) mass is 143 g/mol. The molecule has 0 aromatic carbocycles. The van der Waals surface area contributed by atoms with E-state index < -0.39 is 0 Å². The Morgan fingerprint density at radius 2 is 2.30 bits per heavy atom. The van der Waals surface area contributed by atoms with E-state index in [4.69, 9.17) is 4.74 Å². The molecule has 0 heterocycles. The predicted octanol–water partition coefficient (Wildman–Crippen LogP) is 1.94. The second-order valence-electron chi connectivity index (χ2n) is 2.28. The van der Waals surface area contributed by atoms with Crippen LogP contribution in [0.25, 0.3) is 0 Å². The molecule has 0 amide bonds. The van der Waals surface area contributed by atoms with E-state index in [1.54, 1.807) is 0 Å². The van der Waals surface area contributed by atoms with Crippen molar-refractivity contribution < 1.29 is 9.53 Å². The number of carbonyl (C=O) groups is 1. The lowest BCUT2D eigenvalue weighted by Crippen LogP contribution is -2.13. The summed E-state index contributed by atoms with van der Waals surface area (Å²) in [6.45, 7) is 5.69. The zero-order chi connectivity index (χ0) is 7.98. The first kappa shape index (κ1) is 9.47. The van der Waals surface area contributed by atoms with Crippen LogP contribution < -0.4 is 0 Å². The lowest BCUT2D eigenvalue weighted by Gasteiger charge is -2.08. The smallest absolute Gasteiger partial charge is 0.306 e. The molecule has 1 atom stereocenters. The third-order valence-corrected chi connectivity index (χ3v) is 1.24. The number of ether oxygens (including phenoxy) is 1. The summed E-state index contributed by atoms with van der Waals surface area (Å²) in [6, 6.07) is 0. The van der Waals surface area contributed by atoms with E-state index in [0.717, 1.165) is 6.42 Å². The molecule has 2 nitrogen and oxygen atoms in total. The summed E-state index contributed by atoms with van der Waals surface area (Å²) in [7, 11) is 0. The summed E-state index contributed by atoms with van der Waals surface area (Å²) in [6.07, 6.45) is 3.19. The summed E-state index contributed by atoms with van der Waals surface area (Å²) in [5, 5.41) is 0. The van der Waals surface area contributed by atoms with E-state index in [0.29, 0.717) is 6.42 Å². The minimum atomic E-state index is -0.104. The average molecular weight is 143 g/mol. The normalized spacial score (nSPS) is 12.7. The molecule has 0 bridgehead atoms. The summed E-state index contributed by atoms with van der Waals surface area (Å²) < 4.78 is 4.95. The Balaban J connectivity index is 3.37. The number of hydrogen-bond acceptors (Lipinski definition) is 2. The minimum Gasteiger partial charge on any atom is -0.462 e. The van der Waals surface area contributed by atoms with Crippen LogP contribution in [-0.2, 0) is 9.53 Å². The van der Waals surface area contributed by atoms with Gasteiger partial charge in [0.15, 0.2) is 0 Å². The molecule has 0 rings (SSSR count). The van der Waals surface area contributed by atoms with E-state index in [9.17, 15) is 4.79 Å². The van der Waals surface area contributed by atoms with Gasteiger partial charge in [-0.05, 0) is 19.8 Å². The first-order valence-corrected chi connectivity index (χ1v) is 3.69. The average Bonchev–Trinajstić information content (AvgIpc) is 1.88. The van der Waals surface area contributed by atoms with Crippen molar-refractivity contribution in [3.05, 3.63) is 6.42 Å². The molecule has 2 heteroatoms. The standard InChI is InChI=1S/C8H15O2/c1-4-6-8(9)10-7(3)5-2/h5,7H,4,6H2,1-3H3/t7-/m0/s1. The lowest BCUT2D eigenvalue weighted by atomic mass is 10.3. The zero-order valence-electron chi connectivity index (χ0n) is 6.89. The minimum absolute atomic E-state index is 0.0425. The molecular weight excluding hydrogens is 128 g/mol. The Kier molecular flexibility index (Phi) is 4.99. The second kappa shape index (κ2) is 5.27. The predicted molar refractivity (Wildman–Crippen MR) is 40.4 cm³/mol. The van der Waals surface area contributed by atoms with Crippen molar-refractivity contribution >= 4 is 5.97 Å². The van der Waals surface area contributed by atoms with Gasteiger partial charge in [-0.2, -0.15) is 0 Å². The molecule has 0 saturated heterocycles. The van der Waals surface area contributed by atoms with Gasteiger partial charge in [-0.3, -0.25) is 4.79 Å². The molecular formula is C8H15O2. The molecule has 0 saturated carbocycles. The van der Waals surface area contributed by atoms with Gasteiger partial charge in [0, 0.05) is 6.42 Å². The van der Waals surface area contributed by atoms with E-state index in [1.165, 1.54) is 0 Å². The van der Waals surface area contributed by atoms with Gasteiger partial charge in [-0.15, -0.1) is 0 Å². The molecule has 0 unspecified atom stereocenters. The highest BCUT2D eigenvalue weighted by Crippen LogP contribution is 1.98. The largest absolute Gasteiger partial charge is 0.462 e. The fraction of sp³-hybridized carbons (Fsp3) is 0.750. The number of esters is 1. The number of rotatable bonds is 4. The van der Waals surface area contributed by atoms with E-state index in [-0.39, 0.29) is 12.1 Å². The molecule has 0 aliphatic carbocycles. The molecule has 1 radical (unpaired) electrons. The van der Waals surface area contributed by atoms with Gasteiger partial charge in [0.25, 0.3) is 0 Å². The third kappa shape index (κ3) is 4.36. The summed E-state index contributed by atoms with van der Waals surface area (Å²) in [5.74, 6) is -0.104. The van der Waals surface area contributed by atoms with Crippen molar-refractivity contribution in [3.8, 4) is 0 Å². The Labute approximate surface area is 62.6 Å². The first-order chi connectivity index (χ1) is 4.70. The van der Waals surface area contributed by atoms with Crippen molar-refractivity contribution in [2.24, 2.45) is 0 Å². The third-order valence-electron chi connectivity index (χ3n) is 1.24. The van der Waals surface area contributed by atoms with Crippen molar-refractivity contribution in [3.63, 3.8) is 0 Å². The van der Waals surface area contributed by atoms with Crippen LogP contribution in [0.2, 0.25) is 0 Å². The Morgan fingerprint density at radius 3 is 2.70 bits per heavy atom. The maximum Gasteiger partial charge on any atom is 0.306 e. The first-order valence-electron chi connectivity index (χ1n) is 3.69. The molecule has 0 aromatic rings. The van der Waals surface area contributed by atoms with Gasteiger partial charge < -0.3 is 4.74 Å². The van der Waals surface area contributed by atoms with Gasteiger partial charge in [-0.25, -0.2) is 0 Å². The fourth-order valence-corrected chi connectivity index (χ4v) is 0.538. The van der Waals surface area contributed by atoms with Crippen LogP contribution in [0.5, 0.6) is 0 Å². The highest BCUT2D eigenvalue weighted by molar-refractivity contribution is 5.69. The van der Waals surface area contributed by atoms with Gasteiger partial charge in [0.05, 0.1) is 0 Å². The molecule has 0 aliphatic rings. The Hall–Kier alpha value is -0.530. The second-order valence-corrected chi connectivity index (χ2v) is 2.28. The molecule has 0 fully saturated rings. The van der Waals surface area contributed by atoms with Crippen molar-refractivity contribution in [2.75, 3.05) is 0 Å². The van der Waals surface area contributed by atoms with Gasteiger partial charge in [0.2, 0.25) is 0 Å². The van der Waals surface area contributed by atoms with Crippen LogP contribution in [0.1, 0.15) is 33.6 Å². The van der Waals surface area contributed by atoms with Crippen LogP contribution in [0.4, 0.5) is 0 Å². The molecule has 59 valence electrons. The summed E-state index contributed by atoms with van der Waals surface area (Å²) >= 11 is 0. The van der Waals surface area contributed by atoms with Crippen molar-refractivity contribution in [2.45, 2.75) is 39.7 Å². The maximum atomic E-state index is 10.8.